The van der Waals surface area contributed by atoms with E-state index in [0.29, 0.717) is 48.1 Å². The average molecular weight is 526 g/mol. The standard InChI is InChI=1S/C26H28ClN5O5/c1-2-22(34)31-11-4-3-5-17(14-31)32-24-19(6-7-20(23(24)27)37-18-9-12-36-15-18)29-26(32)30-25(35)16-8-10-28-21(33)13-16/h2,6-8,10,13,17-18H,1,3-5,9,11-12,14-15H2,(H,28,33)(H,29,30,35)/t17-,18-/m1/s1. The van der Waals surface area contributed by atoms with Crippen LogP contribution in [0.25, 0.3) is 11.0 Å². The van der Waals surface area contributed by atoms with E-state index < -0.39 is 5.91 Å². The van der Waals surface area contributed by atoms with Gasteiger partial charge in [-0.2, -0.15) is 0 Å². The number of nitrogens with zero attached hydrogens (tertiary/aromatic N) is 3. The molecular formula is C26H28ClN5O5. The zero-order valence-corrected chi connectivity index (χ0v) is 21.0. The number of aromatic amines is 1. The number of nitrogens with one attached hydrogen (secondary N) is 2. The highest BCUT2D eigenvalue weighted by molar-refractivity contribution is 6.36. The Bertz CT molecular complexity index is 1390. The molecule has 37 heavy (non-hydrogen) atoms. The quantitative estimate of drug-likeness (QED) is 0.475. The van der Waals surface area contributed by atoms with E-state index in [0.717, 1.165) is 25.7 Å². The molecule has 2 aliphatic heterocycles. The van der Waals surface area contributed by atoms with Crippen molar-refractivity contribution in [3.63, 3.8) is 0 Å². The van der Waals surface area contributed by atoms with Crippen LogP contribution in [-0.4, -0.2) is 63.7 Å². The Hall–Kier alpha value is -3.63. The van der Waals surface area contributed by atoms with E-state index in [1.54, 1.807) is 17.0 Å². The Morgan fingerprint density at radius 3 is 2.89 bits per heavy atom. The van der Waals surface area contributed by atoms with Crippen molar-refractivity contribution in [3.8, 4) is 5.75 Å². The molecule has 2 saturated heterocycles. The van der Waals surface area contributed by atoms with Gasteiger partial charge >= 0.3 is 0 Å². The first-order valence-electron chi connectivity index (χ1n) is 12.3. The molecule has 0 radical (unpaired) electrons. The molecule has 5 rings (SSSR count). The lowest BCUT2D eigenvalue weighted by atomic mass is 10.1. The van der Waals surface area contributed by atoms with Gasteiger partial charge in [0, 0.05) is 37.3 Å². The van der Waals surface area contributed by atoms with Crippen molar-refractivity contribution in [2.45, 2.75) is 37.8 Å². The maximum atomic E-state index is 13.1. The molecule has 2 aliphatic rings. The highest BCUT2D eigenvalue weighted by Crippen LogP contribution is 2.39. The Morgan fingerprint density at radius 1 is 1.27 bits per heavy atom. The summed E-state index contributed by atoms with van der Waals surface area (Å²) in [6.07, 6.45) is 5.87. The first-order chi connectivity index (χ1) is 17.9. The number of rotatable bonds is 6. The Morgan fingerprint density at radius 2 is 2.14 bits per heavy atom. The number of fused-ring (bicyclic) bond motifs is 1. The molecule has 0 aliphatic carbocycles. The molecule has 0 bridgehead atoms. The molecule has 10 nitrogen and oxygen atoms in total. The molecule has 4 heterocycles. The second-order valence-corrected chi connectivity index (χ2v) is 9.57. The number of hydrogen-bond donors (Lipinski definition) is 2. The number of amides is 2. The smallest absolute Gasteiger partial charge is 0.258 e. The molecule has 2 atom stereocenters. The maximum absolute atomic E-state index is 13.1. The van der Waals surface area contributed by atoms with Crippen LogP contribution in [0, 0.1) is 0 Å². The van der Waals surface area contributed by atoms with Gasteiger partial charge in [-0.3, -0.25) is 19.7 Å². The molecular weight excluding hydrogens is 498 g/mol. The number of ether oxygens (including phenoxy) is 2. The minimum atomic E-state index is -0.481. The fraction of sp³-hybridized carbons (Fsp3) is 0.385. The SMILES string of the molecule is C=CC(=O)N1CCCC[C@@H](n2c(NC(=O)c3cc[nH]c(=O)c3)nc3ccc(O[C@@H]4CCOC4)c(Cl)c32)C1. The van der Waals surface area contributed by atoms with Crippen LogP contribution in [0.15, 0.2) is 47.9 Å². The number of imidazole rings is 1. The lowest BCUT2D eigenvalue weighted by Gasteiger charge is -2.26. The van der Waals surface area contributed by atoms with Crippen LogP contribution in [0.3, 0.4) is 0 Å². The fourth-order valence-electron chi connectivity index (χ4n) is 4.87. The number of carbonyl (C=O) groups is 2. The monoisotopic (exact) mass is 525 g/mol. The third-order valence-corrected chi connectivity index (χ3v) is 7.06. The third-order valence-electron chi connectivity index (χ3n) is 6.70. The van der Waals surface area contributed by atoms with Crippen molar-refractivity contribution < 1.29 is 19.1 Å². The molecule has 3 aromatic rings. The van der Waals surface area contributed by atoms with Gasteiger partial charge in [0.25, 0.3) is 5.91 Å². The molecule has 194 valence electrons. The molecule has 2 N–H and O–H groups in total. The summed E-state index contributed by atoms with van der Waals surface area (Å²) in [5.41, 5.74) is 0.997. The summed E-state index contributed by atoms with van der Waals surface area (Å²) in [6.45, 7) is 5.78. The molecule has 0 spiro atoms. The lowest BCUT2D eigenvalue weighted by Crippen LogP contribution is -2.34. The number of H-pyrrole nitrogens is 1. The van der Waals surface area contributed by atoms with Crippen molar-refractivity contribution >= 4 is 40.4 Å². The van der Waals surface area contributed by atoms with Crippen LogP contribution < -0.4 is 15.6 Å². The van der Waals surface area contributed by atoms with Crippen LogP contribution in [0.2, 0.25) is 5.02 Å². The molecule has 11 heteroatoms. The molecule has 2 fully saturated rings. The van der Waals surface area contributed by atoms with Crippen molar-refractivity contribution in [3.05, 3.63) is 64.1 Å². The molecule has 1 aromatic carbocycles. The van der Waals surface area contributed by atoms with E-state index in [2.05, 4.69) is 21.9 Å². The number of aromatic nitrogens is 3. The first kappa shape index (κ1) is 25.0. The number of pyridine rings is 1. The van der Waals surface area contributed by atoms with Gasteiger partial charge in [-0.1, -0.05) is 18.2 Å². The zero-order valence-electron chi connectivity index (χ0n) is 20.2. The summed E-state index contributed by atoms with van der Waals surface area (Å²) in [5, 5.41) is 3.23. The number of carbonyl (C=O) groups excluding carboxylic acids is 2. The highest BCUT2D eigenvalue weighted by Gasteiger charge is 2.29. The van der Waals surface area contributed by atoms with E-state index >= 15 is 0 Å². The van der Waals surface area contributed by atoms with Crippen molar-refractivity contribution in [1.29, 1.82) is 0 Å². The van der Waals surface area contributed by atoms with Gasteiger partial charge in [-0.25, -0.2) is 4.98 Å². The first-order valence-corrected chi connectivity index (χ1v) is 12.7. The van der Waals surface area contributed by atoms with E-state index in [1.165, 1.54) is 24.4 Å². The molecule has 2 aromatic heterocycles. The second-order valence-electron chi connectivity index (χ2n) is 9.19. The number of hydrogen-bond acceptors (Lipinski definition) is 6. The van der Waals surface area contributed by atoms with Gasteiger partial charge in [0.05, 0.1) is 30.3 Å². The van der Waals surface area contributed by atoms with E-state index in [9.17, 15) is 14.4 Å². The Labute approximate surface area is 218 Å². The van der Waals surface area contributed by atoms with Crippen LogP contribution in [0.1, 0.15) is 42.1 Å². The van der Waals surface area contributed by atoms with Gasteiger partial charge in [0.15, 0.2) is 0 Å². The van der Waals surface area contributed by atoms with Crippen molar-refractivity contribution in [1.82, 2.24) is 19.4 Å². The molecule has 0 unspecified atom stereocenters. The highest BCUT2D eigenvalue weighted by atomic mass is 35.5. The molecule has 0 saturated carbocycles. The van der Waals surface area contributed by atoms with Crippen LogP contribution >= 0.6 is 11.6 Å². The predicted molar refractivity (Wildman–Crippen MR) is 139 cm³/mol. The predicted octanol–water partition coefficient (Wildman–Crippen LogP) is 3.54. The van der Waals surface area contributed by atoms with Crippen LogP contribution in [-0.2, 0) is 9.53 Å². The van der Waals surface area contributed by atoms with E-state index in [1.807, 2.05) is 4.57 Å². The Kier molecular flexibility index (Phi) is 7.29. The Balaban J connectivity index is 1.59. The summed E-state index contributed by atoms with van der Waals surface area (Å²) >= 11 is 6.92. The number of anilines is 1. The summed E-state index contributed by atoms with van der Waals surface area (Å²) in [4.78, 5) is 46.3. The van der Waals surface area contributed by atoms with Crippen LogP contribution in [0.4, 0.5) is 5.95 Å². The lowest BCUT2D eigenvalue weighted by molar-refractivity contribution is -0.126. The minimum absolute atomic E-state index is 0.0970. The summed E-state index contributed by atoms with van der Waals surface area (Å²) in [6, 6.07) is 6.09. The maximum Gasteiger partial charge on any atom is 0.258 e. The summed E-state index contributed by atoms with van der Waals surface area (Å²) in [7, 11) is 0. The zero-order chi connectivity index (χ0) is 25.9. The van der Waals surface area contributed by atoms with E-state index in [4.69, 9.17) is 21.1 Å². The number of halogens is 1. The van der Waals surface area contributed by atoms with Gasteiger partial charge in [-0.15, -0.1) is 0 Å². The van der Waals surface area contributed by atoms with Gasteiger partial charge < -0.3 is 23.9 Å². The van der Waals surface area contributed by atoms with Crippen molar-refractivity contribution in [2.24, 2.45) is 0 Å². The third kappa shape index (κ3) is 5.26. The minimum Gasteiger partial charge on any atom is -0.486 e. The van der Waals surface area contributed by atoms with Gasteiger partial charge in [0.2, 0.25) is 17.4 Å². The number of likely N-dealkylation sites (tertiary alicyclic amines) is 1. The normalized spacial score (nSPS) is 20.0. The topological polar surface area (TPSA) is 119 Å². The summed E-state index contributed by atoms with van der Waals surface area (Å²) < 4.78 is 13.4. The fourth-order valence-corrected chi connectivity index (χ4v) is 5.16. The van der Waals surface area contributed by atoms with E-state index in [-0.39, 0.29) is 35.1 Å². The molecule has 2 amide bonds. The second kappa shape index (κ2) is 10.8. The van der Waals surface area contributed by atoms with Crippen molar-refractivity contribution in [2.75, 3.05) is 31.6 Å². The van der Waals surface area contributed by atoms with Crippen LogP contribution in [0.5, 0.6) is 5.75 Å². The van der Waals surface area contributed by atoms with Gasteiger partial charge in [0.1, 0.15) is 16.9 Å². The largest absolute Gasteiger partial charge is 0.486 e. The number of benzene rings is 1. The summed E-state index contributed by atoms with van der Waals surface area (Å²) in [5.74, 6) is 0.153. The van der Waals surface area contributed by atoms with Gasteiger partial charge in [-0.05, 0) is 43.5 Å². The average Bonchev–Trinajstić information content (AvgIpc) is 3.46.